The molecule has 0 radical (unpaired) electrons. The highest BCUT2D eigenvalue weighted by atomic mass is 32.2. The maximum absolute atomic E-state index is 12.6. The maximum atomic E-state index is 12.6. The van der Waals surface area contributed by atoms with Gasteiger partial charge in [-0.1, -0.05) is 42.1 Å². The molecule has 0 unspecified atom stereocenters. The van der Waals surface area contributed by atoms with Crippen molar-refractivity contribution in [1.29, 1.82) is 0 Å². The fraction of sp³-hybridized carbons (Fsp3) is 0.286. The second-order valence-electron chi connectivity index (χ2n) is 6.44. The molecular formula is C21H24N4O3S. The molecule has 152 valence electrons. The van der Waals surface area contributed by atoms with Gasteiger partial charge in [0.05, 0.1) is 19.5 Å². The Balaban J connectivity index is 1.64. The van der Waals surface area contributed by atoms with Crippen LogP contribution in [0.1, 0.15) is 18.3 Å². The van der Waals surface area contributed by atoms with Gasteiger partial charge in [-0.25, -0.2) is 0 Å². The van der Waals surface area contributed by atoms with E-state index in [9.17, 15) is 4.79 Å². The molecule has 1 aromatic heterocycles. The summed E-state index contributed by atoms with van der Waals surface area (Å²) < 4.78 is 12.4. The zero-order valence-corrected chi connectivity index (χ0v) is 17.7. The van der Waals surface area contributed by atoms with E-state index < -0.39 is 0 Å². The third-order valence-corrected chi connectivity index (χ3v) is 5.57. The molecule has 0 saturated heterocycles. The molecule has 0 aliphatic carbocycles. The predicted molar refractivity (Wildman–Crippen MR) is 114 cm³/mol. The van der Waals surface area contributed by atoms with Crippen LogP contribution >= 0.6 is 11.8 Å². The highest BCUT2D eigenvalue weighted by Gasteiger charge is 2.19. The van der Waals surface area contributed by atoms with Crippen LogP contribution in [-0.2, 0) is 18.3 Å². The van der Waals surface area contributed by atoms with Gasteiger partial charge < -0.3 is 19.4 Å². The van der Waals surface area contributed by atoms with Crippen LogP contribution in [0.2, 0.25) is 0 Å². The third-order valence-electron chi connectivity index (χ3n) is 4.43. The van der Waals surface area contributed by atoms with Gasteiger partial charge in [0, 0.05) is 25.2 Å². The van der Waals surface area contributed by atoms with Crippen LogP contribution in [0.25, 0.3) is 0 Å². The van der Waals surface area contributed by atoms with E-state index in [0.29, 0.717) is 28.8 Å². The van der Waals surface area contributed by atoms with E-state index in [1.165, 1.54) is 17.3 Å². The average molecular weight is 413 g/mol. The Labute approximate surface area is 174 Å². The van der Waals surface area contributed by atoms with Gasteiger partial charge in [-0.2, -0.15) is 0 Å². The molecule has 1 heterocycles. The number of thioether (sulfide) groups is 1. The standard InChI is InChI=1S/C21H24N4O3S/c1-14(20(26)22-16-10-11-17(27-3)18(13-16)28-4)29-21-24-23-19(25(21)2)12-15-8-6-5-7-9-15/h5-11,13-14H,12H2,1-4H3,(H,22,26)/t14-/m0/s1. The Morgan fingerprint density at radius 1 is 1.10 bits per heavy atom. The van der Waals surface area contributed by atoms with Gasteiger partial charge in [-0.05, 0) is 24.6 Å². The van der Waals surface area contributed by atoms with Gasteiger partial charge in [0.25, 0.3) is 0 Å². The Morgan fingerprint density at radius 3 is 2.52 bits per heavy atom. The van der Waals surface area contributed by atoms with E-state index in [1.807, 2.05) is 36.7 Å². The number of aromatic nitrogens is 3. The maximum Gasteiger partial charge on any atom is 0.237 e. The zero-order valence-electron chi connectivity index (χ0n) is 16.9. The van der Waals surface area contributed by atoms with Crippen LogP contribution in [0.3, 0.4) is 0 Å². The summed E-state index contributed by atoms with van der Waals surface area (Å²) >= 11 is 1.37. The summed E-state index contributed by atoms with van der Waals surface area (Å²) in [5, 5.41) is 11.8. The van der Waals surface area contributed by atoms with E-state index in [-0.39, 0.29) is 11.2 Å². The Bertz CT molecular complexity index is 975. The molecule has 29 heavy (non-hydrogen) atoms. The SMILES string of the molecule is COc1ccc(NC(=O)[C@H](C)Sc2nnc(Cc3ccccc3)n2C)cc1OC. The van der Waals surface area contributed by atoms with Crippen LogP contribution in [-0.4, -0.2) is 40.1 Å². The number of amides is 1. The number of methoxy groups -OCH3 is 2. The lowest BCUT2D eigenvalue weighted by atomic mass is 10.1. The summed E-state index contributed by atoms with van der Waals surface area (Å²) in [4.78, 5) is 12.6. The molecule has 1 amide bonds. The van der Waals surface area contributed by atoms with Crippen LogP contribution in [0.15, 0.2) is 53.7 Å². The van der Waals surface area contributed by atoms with Crippen LogP contribution in [0.5, 0.6) is 11.5 Å². The topological polar surface area (TPSA) is 78.3 Å². The molecule has 0 aliphatic rings. The number of ether oxygens (including phenoxy) is 2. The summed E-state index contributed by atoms with van der Waals surface area (Å²) in [6, 6.07) is 15.4. The van der Waals surface area contributed by atoms with Crippen molar-refractivity contribution in [2.75, 3.05) is 19.5 Å². The van der Waals surface area contributed by atoms with Crippen LogP contribution in [0, 0.1) is 0 Å². The van der Waals surface area contributed by atoms with Gasteiger partial charge in [-0.3, -0.25) is 4.79 Å². The largest absolute Gasteiger partial charge is 0.493 e. The van der Waals surface area contributed by atoms with Gasteiger partial charge in [-0.15, -0.1) is 10.2 Å². The monoisotopic (exact) mass is 412 g/mol. The molecule has 3 aromatic rings. The summed E-state index contributed by atoms with van der Waals surface area (Å²) in [5.41, 5.74) is 1.81. The van der Waals surface area contributed by atoms with Crippen molar-refractivity contribution < 1.29 is 14.3 Å². The number of nitrogens with one attached hydrogen (secondary N) is 1. The highest BCUT2D eigenvalue weighted by molar-refractivity contribution is 8.00. The quantitative estimate of drug-likeness (QED) is 0.570. The van der Waals surface area contributed by atoms with Crippen molar-refractivity contribution in [3.63, 3.8) is 0 Å². The van der Waals surface area contributed by atoms with Crippen molar-refractivity contribution in [2.45, 2.75) is 23.8 Å². The minimum atomic E-state index is -0.351. The number of nitrogens with zero attached hydrogens (tertiary/aromatic N) is 3. The fourth-order valence-corrected chi connectivity index (χ4v) is 3.58. The predicted octanol–water partition coefficient (Wildman–Crippen LogP) is 3.54. The third kappa shape index (κ3) is 5.08. The Hall–Kier alpha value is -3.00. The van der Waals surface area contributed by atoms with Crippen molar-refractivity contribution in [1.82, 2.24) is 14.8 Å². The molecule has 0 aliphatic heterocycles. The van der Waals surface area contributed by atoms with Crippen molar-refractivity contribution in [3.05, 3.63) is 59.9 Å². The normalized spacial score (nSPS) is 11.7. The number of hydrogen-bond donors (Lipinski definition) is 1. The molecular weight excluding hydrogens is 388 g/mol. The number of carbonyl (C=O) groups is 1. The lowest BCUT2D eigenvalue weighted by molar-refractivity contribution is -0.115. The number of carbonyl (C=O) groups excluding carboxylic acids is 1. The number of benzene rings is 2. The zero-order chi connectivity index (χ0) is 20.8. The van der Waals surface area contributed by atoms with E-state index in [4.69, 9.17) is 9.47 Å². The minimum Gasteiger partial charge on any atom is -0.493 e. The lowest BCUT2D eigenvalue weighted by Gasteiger charge is -2.13. The van der Waals surface area contributed by atoms with Gasteiger partial charge in [0.1, 0.15) is 5.82 Å². The Morgan fingerprint density at radius 2 is 1.83 bits per heavy atom. The van der Waals surface area contributed by atoms with Gasteiger partial charge in [0.15, 0.2) is 16.7 Å². The van der Waals surface area contributed by atoms with E-state index in [0.717, 1.165) is 5.82 Å². The number of hydrogen-bond acceptors (Lipinski definition) is 6. The molecule has 7 nitrogen and oxygen atoms in total. The molecule has 3 rings (SSSR count). The second kappa shape index (κ2) is 9.47. The second-order valence-corrected chi connectivity index (χ2v) is 7.75. The van der Waals surface area contributed by atoms with E-state index in [1.54, 1.807) is 32.4 Å². The molecule has 8 heteroatoms. The Kier molecular flexibility index (Phi) is 6.77. The molecule has 0 bridgehead atoms. The molecule has 1 N–H and O–H groups in total. The smallest absolute Gasteiger partial charge is 0.237 e. The first kappa shape index (κ1) is 20.7. The van der Waals surface area contributed by atoms with E-state index >= 15 is 0 Å². The van der Waals surface area contributed by atoms with E-state index in [2.05, 4.69) is 27.6 Å². The molecule has 0 fully saturated rings. The summed E-state index contributed by atoms with van der Waals surface area (Å²) in [6.07, 6.45) is 0.692. The van der Waals surface area contributed by atoms with Crippen molar-refractivity contribution >= 4 is 23.4 Å². The van der Waals surface area contributed by atoms with Crippen molar-refractivity contribution in [2.24, 2.45) is 7.05 Å². The van der Waals surface area contributed by atoms with Crippen LogP contribution in [0.4, 0.5) is 5.69 Å². The highest BCUT2D eigenvalue weighted by Crippen LogP contribution is 2.30. The molecule has 0 spiro atoms. The number of rotatable bonds is 8. The van der Waals surface area contributed by atoms with Crippen molar-refractivity contribution in [3.8, 4) is 11.5 Å². The van der Waals surface area contributed by atoms with Gasteiger partial charge >= 0.3 is 0 Å². The average Bonchev–Trinajstić information content (AvgIpc) is 3.07. The fourth-order valence-electron chi connectivity index (χ4n) is 2.75. The lowest BCUT2D eigenvalue weighted by Crippen LogP contribution is -2.22. The van der Waals surface area contributed by atoms with Crippen LogP contribution < -0.4 is 14.8 Å². The first-order valence-electron chi connectivity index (χ1n) is 9.13. The minimum absolute atomic E-state index is 0.130. The first-order chi connectivity index (χ1) is 14.0. The first-order valence-corrected chi connectivity index (χ1v) is 10.0. The summed E-state index contributed by atoms with van der Waals surface area (Å²) in [7, 11) is 5.05. The molecule has 0 saturated carbocycles. The summed E-state index contributed by atoms with van der Waals surface area (Å²) in [5.74, 6) is 1.89. The number of anilines is 1. The molecule has 1 atom stereocenters. The van der Waals surface area contributed by atoms with Gasteiger partial charge in [0.2, 0.25) is 5.91 Å². The molecule has 2 aromatic carbocycles. The summed E-state index contributed by atoms with van der Waals surface area (Å²) in [6.45, 7) is 1.84.